The largest absolute Gasteiger partial charge is 0.361 e. The van der Waals surface area contributed by atoms with Crippen molar-refractivity contribution in [2.45, 2.75) is 6.92 Å². The van der Waals surface area contributed by atoms with Crippen molar-refractivity contribution >= 4 is 27.6 Å². The molecule has 19 heavy (non-hydrogen) atoms. The second-order valence-electron chi connectivity index (χ2n) is 4.24. The lowest BCUT2D eigenvalue weighted by Gasteiger charge is -2.07. The van der Waals surface area contributed by atoms with Gasteiger partial charge in [-0.1, -0.05) is 30.8 Å². The number of allylic oxidation sites excluding steroid dienone is 2. The second-order valence-corrected chi connectivity index (χ2v) is 5.15. The Hall–Kier alpha value is -2.05. The number of aromatic nitrogens is 1. The van der Waals surface area contributed by atoms with E-state index in [0.717, 1.165) is 26.9 Å². The highest BCUT2D eigenvalue weighted by molar-refractivity contribution is 9.10. The zero-order valence-corrected chi connectivity index (χ0v) is 12.2. The zero-order valence-electron chi connectivity index (χ0n) is 10.6. The van der Waals surface area contributed by atoms with Gasteiger partial charge in [0.2, 0.25) is 0 Å². The third kappa shape index (κ3) is 3.04. The van der Waals surface area contributed by atoms with Crippen LogP contribution < -0.4 is 0 Å². The molecule has 0 aliphatic heterocycles. The summed E-state index contributed by atoms with van der Waals surface area (Å²) in [6.07, 6.45) is 3.64. The number of nitriles is 1. The van der Waals surface area contributed by atoms with Gasteiger partial charge in [0.05, 0.1) is 11.6 Å². The zero-order chi connectivity index (χ0) is 13.8. The maximum absolute atomic E-state index is 9.31. The fourth-order valence-electron chi connectivity index (χ4n) is 1.87. The lowest BCUT2D eigenvalue weighted by molar-refractivity contribution is 1.36. The number of nitrogens with zero attached hydrogens (tertiary/aromatic N) is 1. The number of rotatable bonds is 3. The van der Waals surface area contributed by atoms with E-state index >= 15 is 0 Å². The van der Waals surface area contributed by atoms with Gasteiger partial charge < -0.3 is 4.98 Å². The summed E-state index contributed by atoms with van der Waals surface area (Å²) in [6.45, 7) is 6.06. The highest BCUT2D eigenvalue weighted by Gasteiger charge is 2.08. The molecule has 0 bridgehead atoms. The van der Waals surface area contributed by atoms with Gasteiger partial charge in [-0.25, -0.2) is 0 Å². The Kier molecular flexibility index (Phi) is 4.03. The Bertz CT molecular complexity index is 687. The summed E-state index contributed by atoms with van der Waals surface area (Å²) in [7, 11) is 0. The number of hydrogen-bond donors (Lipinski definition) is 1. The summed E-state index contributed by atoms with van der Waals surface area (Å²) in [5.41, 5.74) is 4.29. The minimum atomic E-state index is 0.559. The van der Waals surface area contributed by atoms with Gasteiger partial charge in [0, 0.05) is 16.4 Å². The van der Waals surface area contributed by atoms with E-state index in [0.29, 0.717) is 5.57 Å². The van der Waals surface area contributed by atoms with E-state index in [1.807, 2.05) is 43.5 Å². The van der Waals surface area contributed by atoms with E-state index < -0.39 is 0 Å². The van der Waals surface area contributed by atoms with Crippen LogP contribution in [0.1, 0.15) is 16.8 Å². The molecule has 0 saturated heterocycles. The predicted octanol–water partition coefficient (Wildman–Crippen LogP) is 4.71. The maximum atomic E-state index is 9.31. The summed E-state index contributed by atoms with van der Waals surface area (Å²) in [4.78, 5) is 3.08. The van der Waals surface area contributed by atoms with Gasteiger partial charge in [0.15, 0.2) is 0 Å². The van der Waals surface area contributed by atoms with Crippen molar-refractivity contribution in [2.75, 3.05) is 0 Å². The molecule has 0 radical (unpaired) electrons. The number of hydrogen-bond acceptors (Lipinski definition) is 1. The molecule has 3 heteroatoms. The molecule has 94 valence electrons. The van der Waals surface area contributed by atoms with Crippen LogP contribution in [0.2, 0.25) is 0 Å². The molecule has 1 heterocycles. The van der Waals surface area contributed by atoms with Crippen molar-refractivity contribution in [2.24, 2.45) is 0 Å². The summed E-state index contributed by atoms with van der Waals surface area (Å²) in [5.74, 6) is 0. The Morgan fingerprint density at radius 1 is 1.42 bits per heavy atom. The summed E-state index contributed by atoms with van der Waals surface area (Å²) in [5, 5.41) is 9.31. The van der Waals surface area contributed by atoms with Gasteiger partial charge in [-0.3, -0.25) is 0 Å². The molecule has 0 atom stereocenters. The molecule has 1 aromatic carbocycles. The molecule has 0 aliphatic rings. The molecule has 1 aromatic heterocycles. The smallest absolute Gasteiger partial charge is 0.0998 e. The monoisotopic (exact) mass is 312 g/mol. The van der Waals surface area contributed by atoms with Crippen LogP contribution in [0.3, 0.4) is 0 Å². The van der Waals surface area contributed by atoms with Gasteiger partial charge in [-0.15, -0.1) is 0 Å². The van der Waals surface area contributed by atoms with Crippen molar-refractivity contribution in [1.82, 2.24) is 4.98 Å². The van der Waals surface area contributed by atoms with Gasteiger partial charge >= 0.3 is 0 Å². The van der Waals surface area contributed by atoms with E-state index in [1.165, 1.54) is 0 Å². The molecule has 0 unspecified atom stereocenters. The molecule has 2 nitrogen and oxygen atoms in total. The predicted molar refractivity (Wildman–Crippen MR) is 82.3 cm³/mol. The molecule has 0 amide bonds. The third-order valence-corrected chi connectivity index (χ3v) is 3.34. The molecule has 0 spiro atoms. The van der Waals surface area contributed by atoms with Crippen molar-refractivity contribution in [3.8, 4) is 6.07 Å². The first-order valence-corrected chi connectivity index (χ1v) is 6.62. The molecular weight excluding hydrogens is 300 g/mol. The lowest BCUT2D eigenvalue weighted by atomic mass is 9.96. The summed E-state index contributed by atoms with van der Waals surface area (Å²) < 4.78 is 0.956. The number of aryl methyl sites for hydroxylation is 1. The average Bonchev–Trinajstić information content (AvgIpc) is 2.81. The maximum Gasteiger partial charge on any atom is 0.0998 e. The molecule has 0 aliphatic carbocycles. The average molecular weight is 313 g/mol. The topological polar surface area (TPSA) is 39.6 Å². The number of halogens is 1. The van der Waals surface area contributed by atoms with E-state index in [2.05, 4.69) is 33.6 Å². The van der Waals surface area contributed by atoms with E-state index in [9.17, 15) is 5.26 Å². The first-order valence-electron chi connectivity index (χ1n) is 5.83. The van der Waals surface area contributed by atoms with Crippen LogP contribution in [0.15, 0.2) is 53.2 Å². The third-order valence-electron chi connectivity index (χ3n) is 2.89. The number of aromatic amines is 1. The van der Waals surface area contributed by atoms with Crippen LogP contribution >= 0.6 is 15.9 Å². The standard InChI is InChI=1S/C16H13BrN2/c1-11-5-3-4-6-16(11)12(2)13(9-18)7-15-8-14(17)10-19-15/h3-8,10,19H,2H2,1H3. The van der Waals surface area contributed by atoms with Gasteiger partial charge in [0.1, 0.15) is 0 Å². The van der Waals surface area contributed by atoms with E-state index in [-0.39, 0.29) is 0 Å². The number of benzene rings is 1. The molecule has 0 saturated carbocycles. The Balaban J connectivity index is 2.39. The minimum Gasteiger partial charge on any atom is -0.361 e. The Morgan fingerprint density at radius 2 is 2.16 bits per heavy atom. The van der Waals surface area contributed by atoms with Crippen molar-refractivity contribution in [1.29, 1.82) is 5.26 Å². The molecule has 2 rings (SSSR count). The quantitative estimate of drug-likeness (QED) is 0.647. The fraction of sp³-hybridized carbons (Fsp3) is 0.0625. The Morgan fingerprint density at radius 3 is 2.74 bits per heavy atom. The van der Waals surface area contributed by atoms with Crippen molar-refractivity contribution in [3.05, 3.63) is 70.0 Å². The number of H-pyrrole nitrogens is 1. The Labute approximate surface area is 121 Å². The highest BCUT2D eigenvalue weighted by atomic mass is 79.9. The number of nitrogens with one attached hydrogen (secondary N) is 1. The van der Waals surface area contributed by atoms with Crippen LogP contribution in [0.4, 0.5) is 0 Å². The van der Waals surface area contributed by atoms with Crippen molar-refractivity contribution in [3.63, 3.8) is 0 Å². The van der Waals surface area contributed by atoms with E-state index in [4.69, 9.17) is 0 Å². The first kappa shape index (κ1) is 13.4. The second kappa shape index (κ2) is 5.73. The van der Waals surface area contributed by atoms with Crippen LogP contribution in [-0.2, 0) is 0 Å². The van der Waals surface area contributed by atoms with Gasteiger partial charge in [-0.2, -0.15) is 5.26 Å². The fourth-order valence-corrected chi connectivity index (χ4v) is 2.23. The molecular formula is C16H13BrN2. The molecule has 1 N–H and O–H groups in total. The minimum absolute atomic E-state index is 0.559. The molecule has 0 fully saturated rings. The first-order chi connectivity index (χ1) is 9.11. The lowest BCUT2D eigenvalue weighted by Crippen LogP contribution is -1.90. The van der Waals surface area contributed by atoms with Gasteiger partial charge in [0.25, 0.3) is 0 Å². The van der Waals surface area contributed by atoms with Crippen LogP contribution in [0.5, 0.6) is 0 Å². The summed E-state index contributed by atoms with van der Waals surface area (Å²) in [6, 6.07) is 12.1. The van der Waals surface area contributed by atoms with Crippen LogP contribution in [0, 0.1) is 18.3 Å². The van der Waals surface area contributed by atoms with Crippen LogP contribution in [0.25, 0.3) is 11.6 Å². The highest BCUT2D eigenvalue weighted by Crippen LogP contribution is 2.25. The summed E-state index contributed by atoms with van der Waals surface area (Å²) >= 11 is 3.37. The molecule has 2 aromatic rings. The van der Waals surface area contributed by atoms with E-state index in [1.54, 1.807) is 6.08 Å². The van der Waals surface area contributed by atoms with Gasteiger partial charge in [-0.05, 0) is 51.7 Å². The van der Waals surface area contributed by atoms with Crippen molar-refractivity contribution < 1.29 is 0 Å². The SMILES string of the molecule is C=C(C(C#N)=Cc1cc(Br)c[nH]1)c1ccccc1C. The van der Waals surface area contributed by atoms with Crippen LogP contribution in [-0.4, -0.2) is 4.98 Å². The normalized spacial score (nSPS) is 11.1.